The van der Waals surface area contributed by atoms with Gasteiger partial charge in [0.2, 0.25) is 0 Å². The summed E-state index contributed by atoms with van der Waals surface area (Å²) in [6.07, 6.45) is 0. The Bertz CT molecular complexity index is 156. The van der Waals surface area contributed by atoms with Crippen LogP contribution in [0.5, 0.6) is 0 Å². The zero-order chi connectivity index (χ0) is 11.9. The van der Waals surface area contributed by atoms with Gasteiger partial charge in [0.05, 0.1) is 0 Å². The van der Waals surface area contributed by atoms with Crippen molar-refractivity contribution < 1.29 is 20.3 Å². The maximum Gasteiger partial charge on any atom is 1.00 e. The number of rotatable bonds is 8. The predicted molar refractivity (Wildman–Crippen MR) is 78.8 cm³/mol. The Hall–Kier alpha value is 0.991. The third kappa shape index (κ3) is 4.34. The molecule has 4 heteroatoms. The molecule has 0 heterocycles. The van der Waals surface area contributed by atoms with Crippen LogP contribution in [0.1, 0.15) is 43.0 Å². The molecule has 0 aliphatic rings. The summed E-state index contributed by atoms with van der Waals surface area (Å²) in [7, 11) is -1.65. The third-order valence-electron chi connectivity index (χ3n) is 4.31. The quantitative estimate of drug-likeness (QED) is 0.588. The molecule has 0 spiro atoms. The first-order valence-electron chi connectivity index (χ1n) is 6.92. The second kappa shape index (κ2) is 9.96. The Morgan fingerprint density at radius 1 is 0.875 bits per heavy atom. The summed E-state index contributed by atoms with van der Waals surface area (Å²) in [4.78, 5) is 0. The Labute approximate surface area is 120 Å². The van der Waals surface area contributed by atoms with Crippen molar-refractivity contribution in [2.75, 3.05) is 6.54 Å². The largest absolute Gasteiger partial charge is 1.00 e. The second-order valence-electron chi connectivity index (χ2n) is 4.54. The van der Waals surface area contributed by atoms with Crippen molar-refractivity contribution in [1.82, 2.24) is 4.23 Å². The molecule has 0 saturated heterocycles. The molecule has 0 aromatic heterocycles. The van der Waals surface area contributed by atoms with E-state index in [4.69, 9.17) is 0 Å². The van der Waals surface area contributed by atoms with E-state index < -0.39 is 17.2 Å². The van der Waals surface area contributed by atoms with Crippen LogP contribution in [0.4, 0.5) is 0 Å². The first kappa shape index (κ1) is 19.3. The summed E-state index contributed by atoms with van der Waals surface area (Å²) in [6, 6.07) is 7.28. The smallest absolute Gasteiger partial charge is 1.00 e. The van der Waals surface area contributed by atoms with E-state index in [0.29, 0.717) is 0 Å². The fourth-order valence-electron chi connectivity index (χ4n) is 3.07. The molecular formula is C12H32LiNSi2. The van der Waals surface area contributed by atoms with Crippen LogP contribution in [0.25, 0.3) is 0 Å². The standard InChI is InChI=1S/C12H31NSi2.Li.H/c1-7-13(14(8-2)9-3)15(10-4,11-5)12-6;;/h14H,7-12H2,1-6H3;;/q;+1;-1. The monoisotopic (exact) mass is 253 g/mol. The van der Waals surface area contributed by atoms with Gasteiger partial charge in [0.1, 0.15) is 17.2 Å². The Morgan fingerprint density at radius 3 is 1.44 bits per heavy atom. The van der Waals surface area contributed by atoms with Gasteiger partial charge in [-0.3, -0.25) is 0 Å². The van der Waals surface area contributed by atoms with E-state index in [1.807, 2.05) is 0 Å². The van der Waals surface area contributed by atoms with Gasteiger partial charge >= 0.3 is 18.9 Å². The van der Waals surface area contributed by atoms with Gasteiger partial charge in [-0.2, -0.15) is 0 Å². The van der Waals surface area contributed by atoms with Gasteiger partial charge in [-0.25, -0.2) is 0 Å². The second-order valence-corrected chi connectivity index (χ2v) is 13.8. The average molecular weight is 254 g/mol. The first-order chi connectivity index (χ1) is 7.15. The van der Waals surface area contributed by atoms with Crippen LogP contribution >= 0.6 is 0 Å². The maximum atomic E-state index is 3.03. The molecule has 0 aliphatic carbocycles. The Balaban J connectivity index is -0.000000980. The van der Waals surface area contributed by atoms with Crippen LogP contribution in [-0.4, -0.2) is 28.0 Å². The topological polar surface area (TPSA) is 3.24 Å². The van der Waals surface area contributed by atoms with E-state index in [9.17, 15) is 0 Å². The minimum Gasteiger partial charge on any atom is -1.00 e. The van der Waals surface area contributed by atoms with E-state index in [-0.39, 0.29) is 20.3 Å². The van der Waals surface area contributed by atoms with Crippen LogP contribution in [0, 0.1) is 0 Å². The van der Waals surface area contributed by atoms with Crippen LogP contribution in [0.15, 0.2) is 0 Å². The summed E-state index contributed by atoms with van der Waals surface area (Å²) in [5.74, 6) is 0. The molecule has 0 aromatic carbocycles. The average Bonchev–Trinajstić information content (AvgIpc) is 2.30. The summed E-state index contributed by atoms with van der Waals surface area (Å²) in [5, 5.41) is 0. The molecule has 0 bridgehead atoms. The minimum absolute atomic E-state index is 0. The van der Waals surface area contributed by atoms with Crippen molar-refractivity contribution in [2.24, 2.45) is 0 Å². The fraction of sp³-hybridized carbons (Fsp3) is 1.00. The molecule has 0 saturated carbocycles. The first-order valence-corrected chi connectivity index (χ1v) is 11.6. The summed E-state index contributed by atoms with van der Waals surface area (Å²) in [6.45, 7) is 15.8. The van der Waals surface area contributed by atoms with Gasteiger partial charge in [0.15, 0.2) is 0 Å². The molecule has 0 aliphatic heterocycles. The van der Waals surface area contributed by atoms with Gasteiger partial charge in [0, 0.05) is 0 Å². The molecule has 0 fully saturated rings. The molecule has 0 atom stereocenters. The molecule has 0 radical (unpaired) electrons. The van der Waals surface area contributed by atoms with Gasteiger partial charge < -0.3 is 5.66 Å². The predicted octanol–water partition coefficient (Wildman–Crippen LogP) is 1.19. The van der Waals surface area contributed by atoms with E-state index in [2.05, 4.69) is 45.8 Å². The van der Waals surface area contributed by atoms with Crippen molar-refractivity contribution in [3.8, 4) is 0 Å². The molecule has 1 nitrogen and oxygen atoms in total. The summed E-state index contributed by atoms with van der Waals surface area (Å²) in [5.41, 5.74) is 0. The van der Waals surface area contributed by atoms with Crippen molar-refractivity contribution >= 4 is 17.2 Å². The van der Waals surface area contributed by atoms with Crippen molar-refractivity contribution in [3.05, 3.63) is 0 Å². The Morgan fingerprint density at radius 2 is 1.25 bits per heavy atom. The molecule has 16 heavy (non-hydrogen) atoms. The molecule has 0 amide bonds. The van der Waals surface area contributed by atoms with E-state index in [0.717, 1.165) is 0 Å². The third-order valence-corrected chi connectivity index (χ3v) is 15.7. The molecule has 0 unspecified atom stereocenters. The van der Waals surface area contributed by atoms with E-state index >= 15 is 0 Å². The van der Waals surface area contributed by atoms with Crippen LogP contribution in [-0.2, 0) is 0 Å². The number of hydrogen-bond donors (Lipinski definition) is 0. The van der Waals surface area contributed by atoms with Gasteiger partial charge in [-0.1, -0.05) is 53.6 Å². The molecule has 94 valence electrons. The van der Waals surface area contributed by atoms with Crippen molar-refractivity contribution in [3.63, 3.8) is 0 Å². The van der Waals surface area contributed by atoms with Crippen LogP contribution in [0.2, 0.25) is 30.2 Å². The van der Waals surface area contributed by atoms with E-state index in [1.165, 1.54) is 36.8 Å². The zero-order valence-electron chi connectivity index (χ0n) is 13.8. The molecule has 0 N–H and O–H groups in total. The zero-order valence-corrected chi connectivity index (χ0v) is 14.9. The fourth-order valence-corrected chi connectivity index (χ4v) is 14.3. The molecular weight excluding hydrogens is 221 g/mol. The number of nitrogens with zero attached hydrogens (tertiary/aromatic N) is 1. The SMILES string of the molecule is CCN([SiH](CC)CC)[Si](CC)(CC)CC.[H-].[Li+]. The molecule has 0 aromatic rings. The van der Waals surface area contributed by atoms with Gasteiger partial charge in [-0.15, -0.1) is 0 Å². The van der Waals surface area contributed by atoms with Gasteiger partial charge in [-0.05, 0) is 24.7 Å². The maximum absolute atomic E-state index is 3.03. The number of hydrogen-bond acceptors (Lipinski definition) is 1. The van der Waals surface area contributed by atoms with Crippen molar-refractivity contribution in [2.45, 2.75) is 71.8 Å². The Kier molecular flexibility index (Phi) is 12.0. The van der Waals surface area contributed by atoms with Crippen LogP contribution in [0.3, 0.4) is 0 Å². The van der Waals surface area contributed by atoms with E-state index in [1.54, 1.807) is 0 Å². The summed E-state index contributed by atoms with van der Waals surface area (Å²) < 4.78 is 3.03. The molecule has 0 rings (SSSR count). The van der Waals surface area contributed by atoms with Crippen molar-refractivity contribution in [1.29, 1.82) is 0 Å². The van der Waals surface area contributed by atoms with Crippen LogP contribution < -0.4 is 18.9 Å². The normalized spacial score (nSPS) is 12.0. The minimum atomic E-state index is -1.06. The summed E-state index contributed by atoms with van der Waals surface area (Å²) >= 11 is 0. The van der Waals surface area contributed by atoms with Gasteiger partial charge in [0.25, 0.3) is 0 Å².